The summed E-state index contributed by atoms with van der Waals surface area (Å²) in [6.07, 6.45) is 5.59. The largest absolute Gasteiger partial charge is 0.573 e. The molecule has 3 aromatic carbocycles. The lowest BCUT2D eigenvalue weighted by atomic mass is 10.0. The number of rotatable bonds is 16. The number of alkyl halides is 3. The van der Waals surface area contributed by atoms with Crippen molar-refractivity contribution in [3.05, 3.63) is 78.4 Å². The molecule has 0 unspecified atom stereocenters. The van der Waals surface area contributed by atoms with Crippen LogP contribution in [0.15, 0.2) is 72.8 Å². The molecule has 3 nitrogen and oxygen atoms in total. The highest BCUT2D eigenvalue weighted by atomic mass is 19.4. The maximum absolute atomic E-state index is 12.5. The predicted octanol–water partition coefficient (Wildman–Crippen LogP) is 9.43. The predicted molar refractivity (Wildman–Crippen MR) is 145 cm³/mol. The van der Waals surface area contributed by atoms with E-state index in [0.717, 1.165) is 61.2 Å². The third-order valence-electron chi connectivity index (χ3n) is 6.21. The van der Waals surface area contributed by atoms with Crippen LogP contribution in [0.3, 0.4) is 0 Å². The van der Waals surface area contributed by atoms with Gasteiger partial charge in [-0.15, -0.1) is 13.2 Å². The van der Waals surface area contributed by atoms with Gasteiger partial charge in [0, 0.05) is 6.54 Å². The molecule has 0 aliphatic heterocycles. The minimum absolute atomic E-state index is 0.232. The zero-order valence-corrected chi connectivity index (χ0v) is 21.7. The highest BCUT2D eigenvalue weighted by Crippen LogP contribution is 2.33. The second-order valence-corrected chi connectivity index (χ2v) is 9.27. The van der Waals surface area contributed by atoms with Crippen LogP contribution in [0.1, 0.15) is 63.9 Å². The Kier molecular flexibility index (Phi) is 11.7. The number of anilines is 1. The first-order valence-electron chi connectivity index (χ1n) is 13.4. The smallest absolute Gasteiger partial charge is 0.491 e. The molecule has 0 amide bonds. The Balaban J connectivity index is 1.60. The normalized spacial score (nSPS) is 11.4. The minimum Gasteiger partial charge on any atom is -0.491 e. The summed E-state index contributed by atoms with van der Waals surface area (Å²) in [5.74, 6) is 0.536. The molecule has 0 bridgehead atoms. The van der Waals surface area contributed by atoms with Gasteiger partial charge in [0.2, 0.25) is 0 Å². The van der Waals surface area contributed by atoms with Gasteiger partial charge >= 0.3 is 6.36 Å². The minimum atomic E-state index is -4.70. The van der Waals surface area contributed by atoms with Gasteiger partial charge in [-0.05, 0) is 66.6 Å². The fraction of sp³-hybridized carbons (Fsp3) is 0.419. The van der Waals surface area contributed by atoms with Crippen LogP contribution in [-0.4, -0.2) is 19.5 Å². The third-order valence-corrected chi connectivity index (χ3v) is 6.21. The lowest BCUT2D eigenvalue weighted by Gasteiger charge is -2.16. The van der Waals surface area contributed by atoms with Crippen molar-refractivity contribution in [2.45, 2.75) is 71.1 Å². The van der Waals surface area contributed by atoms with E-state index < -0.39 is 6.36 Å². The van der Waals surface area contributed by atoms with Gasteiger partial charge < -0.3 is 14.8 Å². The Morgan fingerprint density at radius 1 is 0.730 bits per heavy atom. The van der Waals surface area contributed by atoms with E-state index in [2.05, 4.69) is 41.2 Å². The summed E-state index contributed by atoms with van der Waals surface area (Å²) < 4.78 is 47.6. The van der Waals surface area contributed by atoms with E-state index in [1.807, 2.05) is 24.3 Å². The van der Waals surface area contributed by atoms with Gasteiger partial charge in [0.25, 0.3) is 0 Å². The molecule has 0 aromatic heterocycles. The van der Waals surface area contributed by atoms with Gasteiger partial charge in [0.05, 0.1) is 12.3 Å². The van der Waals surface area contributed by atoms with Crippen LogP contribution < -0.4 is 14.8 Å². The lowest BCUT2D eigenvalue weighted by molar-refractivity contribution is -0.274. The van der Waals surface area contributed by atoms with Gasteiger partial charge in [-0.25, -0.2) is 0 Å². The Morgan fingerprint density at radius 3 is 2.16 bits per heavy atom. The van der Waals surface area contributed by atoms with Crippen LogP contribution in [0.25, 0.3) is 11.1 Å². The molecular weight excluding hydrogens is 475 g/mol. The summed E-state index contributed by atoms with van der Waals surface area (Å²) in [5.41, 5.74) is 3.97. The topological polar surface area (TPSA) is 30.5 Å². The standard InChI is InChI=1S/C31H38F3NO2/c1-2-3-4-5-6-12-23-36-30-24-27(26-16-19-28(20-17-26)37-31(32,33)34)18-21-29(30)35-22-11-10-15-25-13-8-7-9-14-25/h7-9,13-14,16-21,24,35H,2-6,10-12,15,22-23H2,1H3. The summed E-state index contributed by atoms with van der Waals surface area (Å²) in [4.78, 5) is 0. The fourth-order valence-corrected chi connectivity index (χ4v) is 4.20. The maximum atomic E-state index is 12.5. The van der Waals surface area contributed by atoms with Crippen LogP contribution in [0, 0.1) is 0 Å². The Bertz CT molecular complexity index is 1040. The van der Waals surface area contributed by atoms with E-state index >= 15 is 0 Å². The van der Waals surface area contributed by atoms with E-state index in [-0.39, 0.29) is 5.75 Å². The van der Waals surface area contributed by atoms with Gasteiger partial charge in [-0.1, -0.05) is 87.6 Å². The Morgan fingerprint density at radius 2 is 1.43 bits per heavy atom. The molecule has 0 heterocycles. The molecule has 0 aliphatic rings. The van der Waals surface area contributed by atoms with Crippen LogP contribution in [-0.2, 0) is 6.42 Å². The SMILES string of the molecule is CCCCCCCCOc1cc(-c2ccc(OC(F)(F)F)cc2)ccc1NCCCCc1ccccc1. The van der Waals surface area contributed by atoms with Gasteiger partial charge in [-0.3, -0.25) is 0 Å². The molecule has 3 rings (SSSR count). The summed E-state index contributed by atoms with van der Waals surface area (Å²) in [6.45, 7) is 3.68. The Hall–Kier alpha value is -3.15. The monoisotopic (exact) mass is 513 g/mol. The first-order chi connectivity index (χ1) is 17.9. The van der Waals surface area contributed by atoms with Crippen LogP contribution in [0.4, 0.5) is 18.9 Å². The fourth-order valence-electron chi connectivity index (χ4n) is 4.20. The third kappa shape index (κ3) is 10.8. The molecule has 1 N–H and O–H groups in total. The molecule has 0 fully saturated rings. The number of hydrogen-bond acceptors (Lipinski definition) is 3. The van der Waals surface area contributed by atoms with E-state index in [1.54, 1.807) is 12.1 Å². The van der Waals surface area contributed by atoms with Gasteiger partial charge in [0.1, 0.15) is 11.5 Å². The summed E-state index contributed by atoms with van der Waals surface area (Å²) >= 11 is 0. The van der Waals surface area contributed by atoms with E-state index in [4.69, 9.17) is 4.74 Å². The number of aryl methyl sites for hydroxylation is 1. The molecule has 3 aromatic rings. The van der Waals surface area contributed by atoms with Crippen LogP contribution in [0.2, 0.25) is 0 Å². The second-order valence-electron chi connectivity index (χ2n) is 9.27. The molecule has 0 spiro atoms. The number of unbranched alkanes of at least 4 members (excludes halogenated alkanes) is 6. The maximum Gasteiger partial charge on any atom is 0.573 e. The van der Waals surface area contributed by atoms with Crippen molar-refractivity contribution in [2.24, 2.45) is 0 Å². The number of ether oxygens (including phenoxy) is 2. The first kappa shape index (κ1) is 28.4. The molecule has 0 atom stereocenters. The second kappa shape index (κ2) is 15.2. The van der Waals surface area contributed by atoms with Crippen molar-refractivity contribution in [1.29, 1.82) is 0 Å². The first-order valence-corrected chi connectivity index (χ1v) is 13.4. The molecule has 6 heteroatoms. The molecule has 37 heavy (non-hydrogen) atoms. The van der Waals surface area contributed by atoms with E-state index in [9.17, 15) is 13.2 Å². The number of hydrogen-bond donors (Lipinski definition) is 1. The highest BCUT2D eigenvalue weighted by Gasteiger charge is 2.31. The number of halogens is 3. The molecule has 200 valence electrons. The number of nitrogens with one attached hydrogen (secondary N) is 1. The average Bonchev–Trinajstić information content (AvgIpc) is 2.88. The summed E-state index contributed by atoms with van der Waals surface area (Å²) in [6, 6.07) is 22.3. The van der Waals surface area contributed by atoms with Crippen LogP contribution >= 0.6 is 0 Å². The zero-order chi connectivity index (χ0) is 26.3. The van der Waals surface area contributed by atoms with Crippen molar-refractivity contribution in [3.63, 3.8) is 0 Å². The van der Waals surface area contributed by atoms with E-state index in [0.29, 0.717) is 6.61 Å². The van der Waals surface area contributed by atoms with Crippen molar-refractivity contribution < 1.29 is 22.6 Å². The van der Waals surface area contributed by atoms with Gasteiger partial charge in [0.15, 0.2) is 0 Å². The molecule has 0 radical (unpaired) electrons. The van der Waals surface area contributed by atoms with Crippen molar-refractivity contribution >= 4 is 5.69 Å². The van der Waals surface area contributed by atoms with Crippen molar-refractivity contribution in [3.8, 4) is 22.6 Å². The average molecular weight is 514 g/mol. The molecule has 0 aliphatic carbocycles. The lowest BCUT2D eigenvalue weighted by Crippen LogP contribution is -2.16. The van der Waals surface area contributed by atoms with Gasteiger partial charge in [-0.2, -0.15) is 0 Å². The van der Waals surface area contributed by atoms with Crippen molar-refractivity contribution in [1.82, 2.24) is 0 Å². The summed E-state index contributed by atoms with van der Waals surface area (Å²) in [5, 5.41) is 3.51. The molecular formula is C31H38F3NO2. The van der Waals surface area contributed by atoms with Crippen LogP contribution in [0.5, 0.6) is 11.5 Å². The number of benzene rings is 3. The van der Waals surface area contributed by atoms with Crippen molar-refractivity contribution in [2.75, 3.05) is 18.5 Å². The summed E-state index contributed by atoms with van der Waals surface area (Å²) in [7, 11) is 0. The quantitative estimate of drug-likeness (QED) is 0.194. The molecule has 0 saturated carbocycles. The van der Waals surface area contributed by atoms with E-state index in [1.165, 1.54) is 43.4 Å². The Labute approximate surface area is 219 Å². The highest BCUT2D eigenvalue weighted by molar-refractivity contribution is 5.71. The molecule has 0 saturated heterocycles. The zero-order valence-electron chi connectivity index (χ0n) is 21.7.